The van der Waals surface area contributed by atoms with Crippen LogP contribution in [-0.2, 0) is 11.2 Å². The van der Waals surface area contributed by atoms with Crippen LogP contribution in [0.25, 0.3) is 0 Å². The number of amides is 1. The molecule has 6 nitrogen and oxygen atoms in total. The van der Waals surface area contributed by atoms with Gasteiger partial charge in [-0.2, -0.15) is 0 Å². The van der Waals surface area contributed by atoms with Crippen molar-refractivity contribution < 1.29 is 15.0 Å². The first-order chi connectivity index (χ1) is 9.97. The molecule has 7 heteroatoms. The Balaban J connectivity index is 2.02. The molecular formula is C14H14ClN3O3. The molecule has 110 valence electrons. The number of hydrogen-bond acceptors (Lipinski definition) is 5. The summed E-state index contributed by atoms with van der Waals surface area (Å²) in [5, 5.41) is 21.5. The van der Waals surface area contributed by atoms with E-state index in [-0.39, 0.29) is 23.7 Å². The number of aromatic nitrogens is 1. The smallest absolute Gasteiger partial charge is 0.242 e. The van der Waals surface area contributed by atoms with E-state index < -0.39 is 11.9 Å². The van der Waals surface area contributed by atoms with Crippen LogP contribution in [0.1, 0.15) is 5.56 Å². The fourth-order valence-electron chi connectivity index (χ4n) is 1.73. The van der Waals surface area contributed by atoms with Gasteiger partial charge in [-0.25, -0.2) is 4.98 Å². The van der Waals surface area contributed by atoms with Gasteiger partial charge in [0.25, 0.3) is 0 Å². The van der Waals surface area contributed by atoms with E-state index in [0.29, 0.717) is 10.6 Å². The van der Waals surface area contributed by atoms with Crippen LogP contribution in [-0.4, -0.2) is 27.1 Å². The summed E-state index contributed by atoms with van der Waals surface area (Å²) in [6, 6.07) is 6.69. The number of aromatic hydroxyl groups is 2. The van der Waals surface area contributed by atoms with Gasteiger partial charge < -0.3 is 21.3 Å². The van der Waals surface area contributed by atoms with E-state index >= 15 is 0 Å². The summed E-state index contributed by atoms with van der Waals surface area (Å²) in [6.07, 6.45) is 1.70. The number of phenolic OH excluding ortho intramolecular Hbond substituents is 2. The molecule has 0 saturated carbocycles. The predicted molar refractivity (Wildman–Crippen MR) is 79.3 cm³/mol. The molecule has 0 fully saturated rings. The van der Waals surface area contributed by atoms with Gasteiger partial charge >= 0.3 is 0 Å². The van der Waals surface area contributed by atoms with Gasteiger partial charge in [-0.3, -0.25) is 4.79 Å². The summed E-state index contributed by atoms with van der Waals surface area (Å²) in [7, 11) is 0. The van der Waals surface area contributed by atoms with Gasteiger partial charge in [-0.15, -0.1) is 0 Å². The third-order valence-electron chi connectivity index (χ3n) is 2.83. The molecule has 0 radical (unpaired) electrons. The van der Waals surface area contributed by atoms with Gasteiger partial charge in [0, 0.05) is 6.20 Å². The molecule has 1 aromatic heterocycles. The number of benzene rings is 1. The molecule has 0 spiro atoms. The molecule has 1 amide bonds. The van der Waals surface area contributed by atoms with Crippen LogP contribution in [0.4, 0.5) is 5.82 Å². The number of nitrogens with zero attached hydrogens (tertiary/aromatic N) is 1. The zero-order valence-corrected chi connectivity index (χ0v) is 11.7. The third kappa shape index (κ3) is 3.84. The topological polar surface area (TPSA) is 108 Å². The van der Waals surface area contributed by atoms with E-state index in [4.69, 9.17) is 17.3 Å². The van der Waals surface area contributed by atoms with E-state index in [0.717, 1.165) is 0 Å². The highest BCUT2D eigenvalue weighted by Gasteiger charge is 2.16. The predicted octanol–water partition coefficient (Wildman–Crippen LogP) is 1.65. The molecule has 1 aromatic carbocycles. The molecular weight excluding hydrogens is 294 g/mol. The molecule has 5 N–H and O–H groups in total. The van der Waals surface area contributed by atoms with Gasteiger partial charge in [0.1, 0.15) is 0 Å². The van der Waals surface area contributed by atoms with Crippen molar-refractivity contribution in [2.75, 3.05) is 5.32 Å². The van der Waals surface area contributed by atoms with Crippen LogP contribution in [0.2, 0.25) is 5.02 Å². The third-order valence-corrected chi connectivity index (χ3v) is 3.14. The Hall–Kier alpha value is -2.31. The lowest BCUT2D eigenvalue weighted by Gasteiger charge is -2.13. The van der Waals surface area contributed by atoms with Gasteiger partial charge in [0.15, 0.2) is 17.3 Å². The van der Waals surface area contributed by atoms with Gasteiger partial charge in [0.2, 0.25) is 5.91 Å². The van der Waals surface area contributed by atoms with Crippen molar-refractivity contribution in [3.8, 4) is 11.5 Å². The SMILES string of the molecule is N[C@@H](Cc1ccc(O)c(O)c1)C(=O)Nc1ncccc1Cl. The first-order valence-corrected chi connectivity index (χ1v) is 6.53. The molecule has 21 heavy (non-hydrogen) atoms. The minimum Gasteiger partial charge on any atom is -0.504 e. The summed E-state index contributed by atoms with van der Waals surface area (Å²) in [5.41, 5.74) is 6.43. The Labute approximate surface area is 126 Å². The Bertz CT molecular complexity index is 664. The molecule has 0 saturated heterocycles. The van der Waals surface area contributed by atoms with E-state index in [1.54, 1.807) is 18.2 Å². The number of phenols is 2. The van der Waals surface area contributed by atoms with Crippen molar-refractivity contribution >= 4 is 23.3 Å². The lowest BCUT2D eigenvalue weighted by molar-refractivity contribution is -0.117. The van der Waals surface area contributed by atoms with Crippen LogP contribution < -0.4 is 11.1 Å². The number of nitrogens with one attached hydrogen (secondary N) is 1. The van der Waals surface area contributed by atoms with Crippen LogP contribution >= 0.6 is 11.6 Å². The van der Waals surface area contributed by atoms with Gasteiger partial charge in [0.05, 0.1) is 11.1 Å². The maximum absolute atomic E-state index is 12.0. The zero-order chi connectivity index (χ0) is 15.4. The Morgan fingerprint density at radius 1 is 1.33 bits per heavy atom. The van der Waals surface area contributed by atoms with Crippen molar-refractivity contribution in [2.24, 2.45) is 5.73 Å². The highest BCUT2D eigenvalue weighted by Crippen LogP contribution is 2.25. The number of anilines is 1. The molecule has 0 aliphatic rings. The van der Waals surface area contributed by atoms with Crippen molar-refractivity contribution in [3.63, 3.8) is 0 Å². The molecule has 0 bridgehead atoms. The largest absolute Gasteiger partial charge is 0.504 e. The molecule has 0 unspecified atom stereocenters. The summed E-state index contributed by atoms with van der Waals surface area (Å²) in [4.78, 5) is 15.9. The number of pyridine rings is 1. The molecule has 0 aliphatic heterocycles. The molecule has 1 heterocycles. The Morgan fingerprint density at radius 2 is 2.10 bits per heavy atom. The van der Waals surface area contributed by atoms with E-state index in [9.17, 15) is 15.0 Å². The van der Waals surface area contributed by atoms with Crippen molar-refractivity contribution in [1.82, 2.24) is 4.98 Å². The lowest BCUT2D eigenvalue weighted by Crippen LogP contribution is -2.37. The first-order valence-electron chi connectivity index (χ1n) is 6.15. The highest BCUT2D eigenvalue weighted by molar-refractivity contribution is 6.33. The second kappa shape index (κ2) is 6.43. The maximum atomic E-state index is 12.0. The van der Waals surface area contributed by atoms with Gasteiger partial charge in [-0.1, -0.05) is 17.7 Å². The summed E-state index contributed by atoms with van der Waals surface area (Å²) in [6.45, 7) is 0. The van der Waals surface area contributed by atoms with Gasteiger partial charge in [-0.05, 0) is 36.2 Å². The fourth-order valence-corrected chi connectivity index (χ4v) is 1.90. The zero-order valence-electron chi connectivity index (χ0n) is 11.0. The minimum absolute atomic E-state index is 0.199. The number of carbonyl (C=O) groups is 1. The Morgan fingerprint density at radius 3 is 2.76 bits per heavy atom. The second-order valence-corrected chi connectivity index (χ2v) is 4.86. The monoisotopic (exact) mass is 307 g/mol. The number of hydrogen-bond donors (Lipinski definition) is 4. The molecule has 1 atom stereocenters. The van der Waals surface area contributed by atoms with Crippen LogP contribution in [0.15, 0.2) is 36.5 Å². The molecule has 0 aliphatic carbocycles. The number of nitrogens with two attached hydrogens (primary N) is 1. The quantitative estimate of drug-likeness (QED) is 0.642. The van der Waals surface area contributed by atoms with E-state index in [1.165, 1.54) is 18.3 Å². The lowest BCUT2D eigenvalue weighted by atomic mass is 10.1. The second-order valence-electron chi connectivity index (χ2n) is 4.46. The fraction of sp³-hybridized carbons (Fsp3) is 0.143. The van der Waals surface area contributed by atoms with Crippen LogP contribution in [0.3, 0.4) is 0 Å². The van der Waals surface area contributed by atoms with E-state index in [2.05, 4.69) is 10.3 Å². The average molecular weight is 308 g/mol. The Kier molecular flexibility index (Phi) is 4.62. The van der Waals surface area contributed by atoms with Crippen molar-refractivity contribution in [3.05, 3.63) is 47.1 Å². The number of halogens is 1. The van der Waals surface area contributed by atoms with Crippen LogP contribution in [0.5, 0.6) is 11.5 Å². The number of rotatable bonds is 4. The van der Waals surface area contributed by atoms with Crippen LogP contribution in [0, 0.1) is 0 Å². The highest BCUT2D eigenvalue weighted by atomic mass is 35.5. The summed E-state index contributed by atoms with van der Waals surface area (Å²) in [5.74, 6) is -0.679. The normalized spacial score (nSPS) is 11.9. The first kappa shape index (κ1) is 15.1. The molecule has 2 rings (SSSR count). The molecule has 2 aromatic rings. The maximum Gasteiger partial charge on any atom is 0.242 e. The summed E-state index contributed by atoms with van der Waals surface area (Å²) >= 11 is 5.89. The average Bonchev–Trinajstić information content (AvgIpc) is 2.45. The number of carbonyl (C=O) groups excluding carboxylic acids is 1. The standard InChI is InChI=1S/C14H14ClN3O3/c15-9-2-1-5-17-13(9)18-14(21)10(16)6-8-3-4-11(19)12(20)7-8/h1-5,7,10,19-20H,6,16H2,(H,17,18,21)/t10-/m0/s1. The minimum atomic E-state index is -0.841. The summed E-state index contributed by atoms with van der Waals surface area (Å²) < 4.78 is 0. The van der Waals surface area contributed by atoms with Crippen molar-refractivity contribution in [2.45, 2.75) is 12.5 Å². The van der Waals surface area contributed by atoms with E-state index in [1.807, 2.05) is 0 Å². The van der Waals surface area contributed by atoms with Crippen molar-refractivity contribution in [1.29, 1.82) is 0 Å².